The predicted octanol–water partition coefficient (Wildman–Crippen LogP) is 6.80. The van der Waals surface area contributed by atoms with Gasteiger partial charge in [-0.3, -0.25) is 19.2 Å². The van der Waals surface area contributed by atoms with Crippen LogP contribution in [0.2, 0.25) is 0 Å². The van der Waals surface area contributed by atoms with E-state index in [1.807, 2.05) is 55.4 Å². The van der Waals surface area contributed by atoms with Gasteiger partial charge in [0, 0.05) is 25.7 Å². The van der Waals surface area contributed by atoms with Crippen LogP contribution in [0, 0.1) is 23.7 Å². The first-order valence-electron chi connectivity index (χ1n) is 21.2. The van der Waals surface area contributed by atoms with Crippen LogP contribution in [0.25, 0.3) is 0 Å². The molecule has 12 heteroatoms. The highest BCUT2D eigenvalue weighted by atomic mass is 16.6. The predicted molar refractivity (Wildman–Crippen MR) is 198 cm³/mol. The van der Waals surface area contributed by atoms with E-state index in [1.54, 1.807) is 0 Å². The minimum absolute atomic E-state index is 0.115. The van der Waals surface area contributed by atoms with Crippen LogP contribution in [0.3, 0.4) is 0 Å². The maximum atomic E-state index is 13.3. The molecule has 0 aromatic rings. The van der Waals surface area contributed by atoms with Gasteiger partial charge in [0.25, 0.3) is 0 Å². The lowest BCUT2D eigenvalue weighted by molar-refractivity contribution is -0.162. The molecule has 5 aliphatic heterocycles. The summed E-state index contributed by atoms with van der Waals surface area (Å²) in [6.07, 6.45) is 6.72. The molecule has 5 saturated heterocycles. The lowest BCUT2D eigenvalue weighted by atomic mass is 9.99. The average Bonchev–Trinajstić information content (AvgIpc) is 3.98. The largest absolute Gasteiger partial charge is 0.462 e. The van der Waals surface area contributed by atoms with Crippen molar-refractivity contribution in [3.63, 3.8) is 0 Å². The summed E-state index contributed by atoms with van der Waals surface area (Å²) in [4.78, 5) is 53.0. The van der Waals surface area contributed by atoms with E-state index in [1.165, 1.54) is 0 Å². The summed E-state index contributed by atoms with van der Waals surface area (Å²) >= 11 is 0. The molecule has 0 aromatic carbocycles. The molecule has 0 N–H and O–H groups in total. The van der Waals surface area contributed by atoms with Crippen molar-refractivity contribution in [1.82, 2.24) is 0 Å². The normalized spacial score (nSPS) is 44.0. The second-order valence-corrected chi connectivity index (χ2v) is 17.0. The molecular weight excluding hydrogens is 696 g/mol. The molecule has 0 spiro atoms. The molecule has 8 bridgehead atoms. The maximum absolute atomic E-state index is 13.3. The molecule has 12 nitrogen and oxygen atoms in total. The van der Waals surface area contributed by atoms with Crippen LogP contribution in [0.4, 0.5) is 0 Å². The van der Waals surface area contributed by atoms with Crippen molar-refractivity contribution >= 4 is 23.9 Å². The van der Waals surface area contributed by atoms with Crippen LogP contribution in [0.5, 0.6) is 0 Å². The minimum atomic E-state index is -0.435. The minimum Gasteiger partial charge on any atom is -0.462 e. The number of carbonyl (C=O) groups excluding carboxylic acids is 4. The highest BCUT2D eigenvalue weighted by Crippen LogP contribution is 2.35. The van der Waals surface area contributed by atoms with Gasteiger partial charge >= 0.3 is 23.9 Å². The van der Waals surface area contributed by atoms with E-state index >= 15 is 0 Å². The van der Waals surface area contributed by atoms with Gasteiger partial charge < -0.3 is 37.9 Å². The first-order valence-corrected chi connectivity index (χ1v) is 21.2. The zero-order valence-electron chi connectivity index (χ0n) is 34.0. The Bertz CT molecular complexity index is 1260. The quantitative estimate of drug-likeness (QED) is 0.216. The Morgan fingerprint density at radius 3 is 0.926 bits per heavy atom. The van der Waals surface area contributed by atoms with Gasteiger partial charge in [-0.2, -0.15) is 0 Å². The number of hydrogen-bond acceptors (Lipinski definition) is 12. The SMILES string of the molecule is CCC1CC2CCC(O2)C(C)C(=O)OC(CC)CC2CCC(O2)C(C)C(=O)OC(C)CC2CCC(O2)C(C)C(=O)OC(C)CC2CCC(O2)C(C)C(=O)O1. The summed E-state index contributed by atoms with van der Waals surface area (Å²) < 4.78 is 49.0. The van der Waals surface area contributed by atoms with Crippen molar-refractivity contribution in [1.29, 1.82) is 0 Å². The Balaban J connectivity index is 1.22. The molecule has 0 saturated carbocycles. The summed E-state index contributed by atoms with van der Waals surface area (Å²) in [5, 5.41) is 0. The molecule has 5 rings (SSSR count). The monoisotopic (exact) mass is 764 g/mol. The fourth-order valence-electron chi connectivity index (χ4n) is 8.88. The fourth-order valence-corrected chi connectivity index (χ4v) is 8.88. The van der Waals surface area contributed by atoms with E-state index in [-0.39, 0.29) is 97.1 Å². The summed E-state index contributed by atoms with van der Waals surface area (Å²) in [5.74, 6) is -2.88. The number of esters is 4. The van der Waals surface area contributed by atoms with Gasteiger partial charge in [0.05, 0.1) is 72.5 Å². The van der Waals surface area contributed by atoms with E-state index in [2.05, 4.69) is 0 Å². The molecule has 0 aliphatic carbocycles. The van der Waals surface area contributed by atoms with Crippen molar-refractivity contribution in [2.24, 2.45) is 23.7 Å². The van der Waals surface area contributed by atoms with Gasteiger partial charge in [-0.15, -0.1) is 0 Å². The van der Waals surface area contributed by atoms with Crippen molar-refractivity contribution in [3.05, 3.63) is 0 Å². The molecular formula is C42H68O12. The first-order chi connectivity index (χ1) is 25.7. The van der Waals surface area contributed by atoms with E-state index in [9.17, 15) is 19.2 Å². The van der Waals surface area contributed by atoms with Crippen LogP contribution in [0.1, 0.15) is 145 Å². The maximum Gasteiger partial charge on any atom is 0.311 e. The number of rotatable bonds is 2. The zero-order valence-corrected chi connectivity index (χ0v) is 34.0. The molecule has 5 fully saturated rings. The summed E-state index contributed by atoms with van der Waals surface area (Å²) in [6.45, 7) is 15.2. The highest BCUT2D eigenvalue weighted by Gasteiger charge is 2.41. The average molecular weight is 765 g/mol. The van der Waals surface area contributed by atoms with Gasteiger partial charge in [0.1, 0.15) is 24.4 Å². The third-order valence-corrected chi connectivity index (χ3v) is 12.6. The second kappa shape index (κ2) is 19.7. The van der Waals surface area contributed by atoms with E-state index < -0.39 is 23.7 Å². The third kappa shape index (κ3) is 11.4. The summed E-state index contributed by atoms with van der Waals surface area (Å²) in [7, 11) is 0. The van der Waals surface area contributed by atoms with E-state index in [4.69, 9.17) is 37.9 Å². The smallest absolute Gasteiger partial charge is 0.311 e. The Morgan fingerprint density at radius 2 is 0.648 bits per heavy atom. The van der Waals surface area contributed by atoms with Gasteiger partial charge in [-0.05, 0) is 106 Å². The zero-order chi connectivity index (χ0) is 39.1. The Labute approximate surface area is 322 Å². The molecule has 54 heavy (non-hydrogen) atoms. The molecule has 0 amide bonds. The Kier molecular flexibility index (Phi) is 15.7. The van der Waals surface area contributed by atoms with Crippen molar-refractivity contribution in [3.8, 4) is 0 Å². The van der Waals surface area contributed by atoms with E-state index in [0.717, 1.165) is 51.4 Å². The lowest BCUT2D eigenvalue weighted by Gasteiger charge is -2.26. The Hall–Kier alpha value is -2.28. The molecule has 0 aromatic heterocycles. The van der Waals surface area contributed by atoms with Gasteiger partial charge in [-0.1, -0.05) is 13.8 Å². The topological polar surface area (TPSA) is 142 Å². The van der Waals surface area contributed by atoms with Crippen LogP contribution in [-0.4, -0.2) is 97.1 Å². The molecule has 5 heterocycles. The molecule has 5 aliphatic rings. The second-order valence-electron chi connectivity index (χ2n) is 17.0. The van der Waals surface area contributed by atoms with Gasteiger partial charge in [0.2, 0.25) is 0 Å². The van der Waals surface area contributed by atoms with Crippen molar-refractivity contribution in [2.75, 3.05) is 0 Å². The van der Waals surface area contributed by atoms with Crippen LogP contribution >= 0.6 is 0 Å². The number of hydrogen-bond donors (Lipinski definition) is 0. The fraction of sp³-hybridized carbons (Fsp3) is 0.905. The van der Waals surface area contributed by atoms with Crippen molar-refractivity contribution < 1.29 is 57.1 Å². The van der Waals surface area contributed by atoms with Crippen molar-refractivity contribution in [2.45, 2.75) is 219 Å². The van der Waals surface area contributed by atoms with E-state index in [0.29, 0.717) is 38.5 Å². The van der Waals surface area contributed by atoms with Crippen LogP contribution in [0.15, 0.2) is 0 Å². The van der Waals surface area contributed by atoms with Gasteiger partial charge in [-0.25, -0.2) is 0 Å². The molecule has 16 unspecified atom stereocenters. The summed E-state index contributed by atoms with van der Waals surface area (Å²) in [6, 6.07) is 0. The first kappa shape index (κ1) is 42.9. The number of fused-ring (bicyclic) bond motifs is 8. The molecule has 308 valence electrons. The van der Waals surface area contributed by atoms with Gasteiger partial charge in [0.15, 0.2) is 0 Å². The highest BCUT2D eigenvalue weighted by molar-refractivity contribution is 5.74. The number of ether oxygens (including phenoxy) is 8. The molecule has 16 atom stereocenters. The number of carbonyl (C=O) groups is 4. The number of cyclic esters (lactones) is 4. The third-order valence-electron chi connectivity index (χ3n) is 12.6. The van der Waals surface area contributed by atoms with Crippen LogP contribution < -0.4 is 0 Å². The Morgan fingerprint density at radius 1 is 0.389 bits per heavy atom. The molecule has 0 radical (unpaired) electrons. The standard InChI is InChI=1S/C42H68O12/c1-9-29-21-33-13-17-36(51-33)26(6)40(44)48-23(3)19-31-11-15-35(49-31)25(5)39(43)47-24(4)20-32-12-16-37(50-32)27(7)41(45)53-30(10-2)22-34-14-18-38(52-34)28(8)42(46)54-29/h23-38H,9-22H2,1-8H3. The lowest BCUT2D eigenvalue weighted by Crippen LogP contribution is -2.34. The summed E-state index contributed by atoms with van der Waals surface area (Å²) in [5.41, 5.74) is 0. The van der Waals surface area contributed by atoms with Crippen LogP contribution in [-0.2, 0) is 57.1 Å².